The molecule has 13 rings (SSSR count). The Morgan fingerprint density at radius 1 is 0.450 bits per heavy atom. The van der Waals surface area contributed by atoms with Gasteiger partial charge in [-0.2, -0.15) is 67.3 Å². The van der Waals surface area contributed by atoms with E-state index in [1.165, 1.54) is 11.5 Å². The number of aromatic nitrogens is 5. The molecule has 0 bridgehead atoms. The van der Waals surface area contributed by atoms with Gasteiger partial charge in [-0.25, -0.2) is 9.47 Å². The molecule has 0 unspecified atom stereocenters. The molecule has 80 heavy (non-hydrogen) atoms. The molecular weight excluding hydrogens is 2100 g/mol. The van der Waals surface area contributed by atoms with Crippen LogP contribution in [0.15, 0.2) is 252 Å². The van der Waals surface area contributed by atoms with E-state index in [9.17, 15) is 0 Å². The molecule has 4 aromatic heterocycles. The van der Waals surface area contributed by atoms with Crippen molar-refractivity contribution in [3.05, 3.63) is 297 Å². The standard InChI is InChI=1S/C15H12N2.C10H10N2.C10H9N2.C9H6NO.2C9H6NS.6Ir/c1-3-7-14(8-4-1)16-11-12-17(13-16)15-9-5-2-6-10-15;1-11-7-8-12(9-11)10-5-3-2-4-6-10;1-12-8-7-10(11-12)9-5-3-2-4-6-9;1-2-4-8(5-3-1)9-6-7-11-10-9;1-2-4-8(5-3-1)9-6-11-7-10-9;1-2-4-8(5-3-1)9-6-7-11-10-9;;;;;;/h1-9,11-13H;2-5,7-9H,1H3;2-5,7-8H,1H3;3*1-4,6-7H;;;;;;/q2*-2;4*-1;;;;;;. The third kappa shape index (κ3) is 23.3. The van der Waals surface area contributed by atoms with Gasteiger partial charge < -0.3 is 24.1 Å². The first-order valence-corrected chi connectivity index (χ1v) is 25.0. The fraction of sp³-hybridized carbons (Fsp3) is 0.0323. The summed E-state index contributed by atoms with van der Waals surface area (Å²) in [5, 5.41) is 12.0. The van der Waals surface area contributed by atoms with Crippen LogP contribution in [0.3, 0.4) is 0 Å². The molecule has 7 aromatic carbocycles. The largest absolute Gasteiger partial charge is 0.510 e. The van der Waals surface area contributed by atoms with E-state index in [0.29, 0.717) is 0 Å². The van der Waals surface area contributed by atoms with Crippen LogP contribution in [0.1, 0.15) is 0 Å². The van der Waals surface area contributed by atoms with E-state index in [1.807, 2.05) is 271 Å². The van der Waals surface area contributed by atoms with E-state index >= 15 is 0 Å². The molecule has 6 radical (unpaired) electrons. The van der Waals surface area contributed by atoms with Crippen LogP contribution in [0.2, 0.25) is 0 Å². The number of nitrogens with zero attached hydrogens (tertiary/aromatic N) is 9. The van der Waals surface area contributed by atoms with Gasteiger partial charge in [0.15, 0.2) is 0 Å². The van der Waals surface area contributed by atoms with Gasteiger partial charge in [0, 0.05) is 162 Å². The van der Waals surface area contributed by atoms with Crippen molar-refractivity contribution >= 4 is 39.9 Å². The normalized spacial score (nSPS) is 11.0. The minimum atomic E-state index is 0. The average Bonchev–Trinajstić information content (AvgIpc) is 4.36. The molecule has 0 saturated carbocycles. The van der Waals surface area contributed by atoms with Gasteiger partial charge in [-0.1, -0.05) is 41.9 Å². The third-order valence-corrected chi connectivity index (χ3v) is 11.5. The number of benzene rings is 7. The molecule has 2 aliphatic rings. The van der Waals surface area contributed by atoms with Gasteiger partial charge in [0.1, 0.15) is 6.26 Å². The summed E-state index contributed by atoms with van der Waals surface area (Å²) in [4.78, 5) is 12.3. The second-order valence-electron chi connectivity index (χ2n) is 15.7. The Hall–Kier alpha value is -5.20. The van der Waals surface area contributed by atoms with Crippen molar-refractivity contribution in [3.8, 4) is 45.0 Å². The zero-order chi connectivity index (χ0) is 50.8. The molecule has 0 saturated heterocycles. The Bertz CT molecular complexity index is 3050. The van der Waals surface area contributed by atoms with Gasteiger partial charge in [0.05, 0.1) is 5.51 Å². The number of hydrogen-bond donors (Lipinski definition) is 0. The molecule has 6 heterocycles. The Morgan fingerprint density at radius 3 is 1.36 bits per heavy atom. The Morgan fingerprint density at radius 2 is 0.938 bits per heavy atom. The van der Waals surface area contributed by atoms with Gasteiger partial charge in [-0.05, 0) is 61.1 Å². The van der Waals surface area contributed by atoms with Gasteiger partial charge in [0.25, 0.3) is 0 Å². The number of hydrogen-bond acceptors (Lipinski definition) is 11. The van der Waals surface area contributed by atoms with Gasteiger partial charge in [-0.3, -0.25) is 9.67 Å². The zero-order valence-electron chi connectivity index (χ0n) is 42.6. The maximum Gasteiger partial charge on any atom is 0.114 e. The summed E-state index contributed by atoms with van der Waals surface area (Å²) in [6, 6.07) is 81.8. The van der Waals surface area contributed by atoms with Crippen LogP contribution in [0.4, 0.5) is 17.1 Å². The Labute approximate surface area is 559 Å². The quantitative estimate of drug-likeness (QED) is 0.145. The van der Waals surface area contributed by atoms with E-state index < -0.39 is 0 Å². The average molecular weight is 2150 g/mol. The minimum absolute atomic E-state index is 0. The van der Waals surface area contributed by atoms with Crippen molar-refractivity contribution in [3.63, 3.8) is 0 Å². The summed E-state index contributed by atoms with van der Waals surface area (Å²) >= 11 is 3.07. The van der Waals surface area contributed by atoms with Crippen LogP contribution in [-0.4, -0.2) is 36.2 Å². The predicted molar refractivity (Wildman–Crippen MR) is 300 cm³/mol. The van der Waals surface area contributed by atoms with E-state index in [4.69, 9.17) is 4.52 Å². The van der Waals surface area contributed by atoms with Crippen molar-refractivity contribution in [1.82, 2.24) is 29.2 Å². The summed E-state index contributed by atoms with van der Waals surface area (Å²) in [5.41, 5.74) is 13.0. The molecule has 0 spiro atoms. The molecule has 0 amide bonds. The molecule has 0 aliphatic carbocycles. The first-order chi connectivity index (χ1) is 36.6. The molecule has 0 fully saturated rings. The van der Waals surface area contributed by atoms with Crippen LogP contribution in [0, 0.1) is 49.7 Å². The fourth-order valence-electron chi connectivity index (χ4n) is 6.75. The molecule has 0 N–H and O–H groups in total. The summed E-state index contributed by atoms with van der Waals surface area (Å²) in [6.45, 7) is 4.05. The Balaban J connectivity index is 0.000000326. The number of thiazole rings is 1. The molecule has 11 aromatic rings. The monoisotopic (exact) mass is 2160 g/mol. The first kappa shape index (κ1) is 70.9. The third-order valence-electron chi connectivity index (χ3n) is 10.4. The van der Waals surface area contributed by atoms with Crippen LogP contribution < -0.4 is 14.7 Å². The number of rotatable bonds is 7. The zero-order valence-corrected chi connectivity index (χ0v) is 58.6. The Kier molecular flexibility index (Phi) is 35.5. The number of anilines is 3. The van der Waals surface area contributed by atoms with Crippen LogP contribution >= 0.6 is 22.9 Å². The van der Waals surface area contributed by atoms with Gasteiger partial charge in [-0.15, -0.1) is 178 Å². The molecule has 10 nitrogen and oxygen atoms in total. The minimum Gasteiger partial charge on any atom is -0.510 e. The summed E-state index contributed by atoms with van der Waals surface area (Å²) in [6.07, 6.45) is 11.5. The topological polar surface area (TPSA) is 82.6 Å². The second-order valence-corrected chi connectivity index (χ2v) is 17.1. The van der Waals surface area contributed by atoms with E-state index in [0.717, 1.165) is 62.1 Å². The summed E-state index contributed by atoms with van der Waals surface area (Å²) in [7, 11) is 3.91. The van der Waals surface area contributed by atoms with Crippen molar-refractivity contribution in [2.45, 2.75) is 0 Å². The molecule has 2 aliphatic heterocycles. The predicted octanol–water partition coefficient (Wildman–Crippen LogP) is 14.5. The van der Waals surface area contributed by atoms with Crippen molar-refractivity contribution in [2.24, 2.45) is 7.05 Å². The summed E-state index contributed by atoms with van der Waals surface area (Å²) < 4.78 is 10.7. The summed E-state index contributed by atoms with van der Waals surface area (Å²) in [5.74, 6) is 0. The number of para-hydroxylation sites is 3. The molecule has 0 atom stereocenters. The number of aryl methyl sites for hydroxylation is 1. The maximum absolute atomic E-state index is 4.70. The van der Waals surface area contributed by atoms with E-state index in [1.54, 1.807) is 22.3 Å². The van der Waals surface area contributed by atoms with Crippen LogP contribution in [0.25, 0.3) is 45.0 Å². The van der Waals surface area contributed by atoms with E-state index in [2.05, 4.69) is 73.0 Å². The van der Waals surface area contributed by atoms with Crippen molar-refractivity contribution < 1.29 is 125 Å². The smallest absolute Gasteiger partial charge is 0.114 e. The first-order valence-electron chi connectivity index (χ1n) is 23.2. The van der Waals surface area contributed by atoms with Crippen molar-refractivity contribution in [2.75, 3.05) is 21.7 Å². The van der Waals surface area contributed by atoms with Gasteiger partial charge in [0.2, 0.25) is 0 Å². The van der Waals surface area contributed by atoms with Crippen LogP contribution in [0.5, 0.6) is 0 Å². The van der Waals surface area contributed by atoms with Crippen LogP contribution in [-0.2, 0) is 128 Å². The molecular formula is C62H49Ir6N9OS2-8. The SMILES string of the molecule is CN1C=CN(c2[c-]cccc2)[CH-]1.Cn1ccc(-c2[c-]cccc2)n1.[Ir].[Ir].[Ir].[Ir].[Ir].[Ir].[c-]1ccccc1-c1ccon1.[c-]1ccccc1-c1ccsn1.[c-]1ccccc1-c1cscn1.[c-]1ccccc1N1C=CN(c2ccccc2)[CH-]1. The molecule has 422 valence electrons. The van der Waals surface area contributed by atoms with E-state index in [-0.39, 0.29) is 121 Å². The maximum atomic E-state index is 4.70. The molecule has 18 heteroatoms. The second kappa shape index (κ2) is 40.1. The fourth-order valence-corrected chi connectivity index (χ4v) is 7.82. The van der Waals surface area contributed by atoms with Gasteiger partial charge >= 0.3 is 0 Å². The van der Waals surface area contributed by atoms with Crippen molar-refractivity contribution in [1.29, 1.82) is 0 Å².